The van der Waals surface area contributed by atoms with Gasteiger partial charge in [0.25, 0.3) is 0 Å². The minimum Gasteiger partial charge on any atom is -0.469 e. The highest BCUT2D eigenvalue weighted by molar-refractivity contribution is 6.30. The molecule has 1 aromatic rings. The number of amides is 1. The highest BCUT2D eigenvalue weighted by Gasteiger charge is 2.06. The first-order valence-electron chi connectivity index (χ1n) is 6.28. The Balaban J connectivity index is 2.41. The third-order valence-electron chi connectivity index (χ3n) is 2.77. The second-order valence-electron chi connectivity index (χ2n) is 4.32. The number of carbonyl (C=O) groups is 2. The van der Waals surface area contributed by atoms with Crippen molar-refractivity contribution in [1.82, 2.24) is 4.90 Å². The molecule has 0 aromatic heterocycles. The molecule has 0 aliphatic carbocycles. The molecule has 20 heavy (non-hydrogen) atoms. The minimum absolute atomic E-state index is 0.107. The molecule has 0 saturated heterocycles. The molecular weight excluding hydrogens is 278 g/mol. The summed E-state index contributed by atoms with van der Waals surface area (Å²) in [5.74, 6) is -0.368. The van der Waals surface area contributed by atoms with Crippen LogP contribution in [0.3, 0.4) is 0 Å². The fraction of sp³-hybridized carbons (Fsp3) is 0.333. The van der Waals surface area contributed by atoms with Crippen LogP contribution in [0.5, 0.6) is 0 Å². The molecule has 0 aliphatic rings. The Bertz CT molecular complexity index is 482. The molecule has 108 valence electrons. The summed E-state index contributed by atoms with van der Waals surface area (Å²) in [6.45, 7) is 0.513. The Morgan fingerprint density at radius 2 is 1.95 bits per heavy atom. The van der Waals surface area contributed by atoms with E-state index in [2.05, 4.69) is 4.74 Å². The fourth-order valence-corrected chi connectivity index (χ4v) is 1.67. The highest BCUT2D eigenvalue weighted by Crippen LogP contribution is 2.10. The second-order valence-corrected chi connectivity index (χ2v) is 4.76. The zero-order chi connectivity index (χ0) is 15.0. The van der Waals surface area contributed by atoms with E-state index in [0.29, 0.717) is 24.4 Å². The number of methoxy groups -OCH3 is 1. The Morgan fingerprint density at radius 3 is 2.55 bits per heavy atom. The van der Waals surface area contributed by atoms with Gasteiger partial charge in [-0.25, -0.2) is 0 Å². The lowest BCUT2D eigenvalue weighted by molar-refractivity contribution is -0.141. The largest absolute Gasteiger partial charge is 0.469 e. The Kier molecular flexibility index (Phi) is 6.81. The normalized spacial score (nSPS) is 10.6. The minimum atomic E-state index is -0.262. The lowest BCUT2D eigenvalue weighted by Gasteiger charge is -2.14. The molecule has 0 unspecified atom stereocenters. The van der Waals surface area contributed by atoms with E-state index in [9.17, 15) is 9.59 Å². The summed E-state index contributed by atoms with van der Waals surface area (Å²) in [7, 11) is 3.05. The van der Waals surface area contributed by atoms with Crippen molar-refractivity contribution in [3.63, 3.8) is 0 Å². The van der Waals surface area contributed by atoms with Crippen LogP contribution < -0.4 is 0 Å². The maximum absolute atomic E-state index is 11.8. The maximum Gasteiger partial charge on any atom is 0.305 e. The van der Waals surface area contributed by atoms with Gasteiger partial charge in [-0.05, 0) is 30.2 Å². The van der Waals surface area contributed by atoms with Crippen molar-refractivity contribution in [3.8, 4) is 0 Å². The summed E-state index contributed by atoms with van der Waals surface area (Å²) >= 11 is 5.78. The van der Waals surface area contributed by atoms with Crippen LogP contribution in [-0.2, 0) is 14.3 Å². The highest BCUT2D eigenvalue weighted by atomic mass is 35.5. The standard InChI is InChI=1S/C15H18ClNO3/c1-17(11-3-4-15(19)20-2)14(18)10-7-12-5-8-13(16)9-6-12/h5-10H,3-4,11H2,1-2H3/b10-7-. The summed E-state index contributed by atoms with van der Waals surface area (Å²) < 4.78 is 4.54. The summed E-state index contributed by atoms with van der Waals surface area (Å²) in [6.07, 6.45) is 4.13. The molecule has 0 spiro atoms. The Morgan fingerprint density at radius 1 is 1.30 bits per heavy atom. The zero-order valence-electron chi connectivity index (χ0n) is 11.6. The summed E-state index contributed by atoms with van der Waals surface area (Å²) in [6, 6.07) is 7.21. The van der Waals surface area contributed by atoms with Gasteiger partial charge in [0.05, 0.1) is 7.11 Å². The van der Waals surface area contributed by atoms with Crippen LogP contribution in [0.4, 0.5) is 0 Å². The molecule has 1 aromatic carbocycles. The van der Waals surface area contributed by atoms with E-state index >= 15 is 0 Å². The topological polar surface area (TPSA) is 46.6 Å². The van der Waals surface area contributed by atoms with Crippen molar-refractivity contribution in [3.05, 3.63) is 40.9 Å². The zero-order valence-corrected chi connectivity index (χ0v) is 12.4. The third kappa shape index (κ3) is 5.89. The van der Waals surface area contributed by atoms with Gasteiger partial charge in [-0.3, -0.25) is 9.59 Å². The fourth-order valence-electron chi connectivity index (χ4n) is 1.54. The van der Waals surface area contributed by atoms with E-state index in [1.54, 1.807) is 30.2 Å². The van der Waals surface area contributed by atoms with E-state index < -0.39 is 0 Å². The molecule has 0 heterocycles. The van der Waals surface area contributed by atoms with Gasteiger partial charge in [0, 0.05) is 31.1 Å². The van der Waals surface area contributed by atoms with Crippen LogP contribution in [0.25, 0.3) is 6.08 Å². The van der Waals surface area contributed by atoms with Gasteiger partial charge in [0.1, 0.15) is 0 Å². The number of rotatable bonds is 6. The van der Waals surface area contributed by atoms with Crippen molar-refractivity contribution >= 4 is 29.6 Å². The lowest BCUT2D eigenvalue weighted by Crippen LogP contribution is -2.26. The number of carbonyl (C=O) groups excluding carboxylic acids is 2. The number of benzene rings is 1. The lowest BCUT2D eigenvalue weighted by atomic mass is 10.2. The smallest absolute Gasteiger partial charge is 0.305 e. The number of esters is 1. The predicted octanol–water partition coefficient (Wildman–Crippen LogP) is 2.76. The first kappa shape index (κ1) is 16.2. The van der Waals surface area contributed by atoms with Crippen molar-refractivity contribution in [2.75, 3.05) is 20.7 Å². The van der Waals surface area contributed by atoms with Crippen LogP contribution in [0.2, 0.25) is 5.02 Å². The molecule has 0 atom stereocenters. The molecular formula is C15H18ClNO3. The monoisotopic (exact) mass is 295 g/mol. The van der Waals surface area contributed by atoms with Crippen molar-refractivity contribution in [1.29, 1.82) is 0 Å². The second kappa shape index (κ2) is 8.38. The molecule has 0 saturated carbocycles. The summed E-state index contributed by atoms with van der Waals surface area (Å²) in [5.41, 5.74) is 0.908. The van der Waals surface area contributed by atoms with E-state index in [1.165, 1.54) is 13.2 Å². The molecule has 0 bridgehead atoms. The number of hydrogen-bond acceptors (Lipinski definition) is 3. The molecule has 5 heteroatoms. The molecule has 4 nitrogen and oxygen atoms in total. The molecule has 0 radical (unpaired) electrons. The van der Waals surface area contributed by atoms with E-state index in [0.717, 1.165) is 5.56 Å². The van der Waals surface area contributed by atoms with Crippen molar-refractivity contribution in [2.45, 2.75) is 12.8 Å². The number of nitrogens with zero attached hydrogens (tertiary/aromatic N) is 1. The van der Waals surface area contributed by atoms with Gasteiger partial charge in [0.2, 0.25) is 5.91 Å². The van der Waals surface area contributed by atoms with Crippen LogP contribution in [0.15, 0.2) is 30.3 Å². The number of ether oxygens (including phenoxy) is 1. The van der Waals surface area contributed by atoms with Crippen LogP contribution >= 0.6 is 11.6 Å². The molecule has 0 N–H and O–H groups in total. The van der Waals surface area contributed by atoms with Crippen LogP contribution in [-0.4, -0.2) is 37.5 Å². The SMILES string of the molecule is COC(=O)CCCN(C)C(=O)/C=C\c1ccc(Cl)cc1. The van der Waals surface area contributed by atoms with E-state index in [4.69, 9.17) is 11.6 Å². The van der Waals surface area contributed by atoms with Crippen LogP contribution in [0, 0.1) is 0 Å². The van der Waals surface area contributed by atoms with Gasteiger partial charge in [-0.1, -0.05) is 23.7 Å². The first-order valence-corrected chi connectivity index (χ1v) is 6.66. The number of halogens is 1. The van der Waals surface area contributed by atoms with E-state index in [-0.39, 0.29) is 11.9 Å². The van der Waals surface area contributed by atoms with E-state index in [1.807, 2.05) is 12.1 Å². The molecule has 1 rings (SSSR count). The molecule has 0 fully saturated rings. The molecule has 1 amide bonds. The predicted molar refractivity (Wildman–Crippen MR) is 79.4 cm³/mol. The van der Waals surface area contributed by atoms with Crippen molar-refractivity contribution < 1.29 is 14.3 Å². The average Bonchev–Trinajstić information content (AvgIpc) is 2.45. The Hall–Kier alpha value is -1.81. The Labute approximate surface area is 124 Å². The van der Waals surface area contributed by atoms with Gasteiger partial charge in [-0.15, -0.1) is 0 Å². The number of likely N-dealkylation sites (N-methyl/N-ethyl adjacent to an activating group) is 1. The van der Waals surface area contributed by atoms with Gasteiger partial charge in [-0.2, -0.15) is 0 Å². The van der Waals surface area contributed by atoms with Gasteiger partial charge in [0.15, 0.2) is 0 Å². The van der Waals surface area contributed by atoms with Gasteiger partial charge < -0.3 is 9.64 Å². The van der Waals surface area contributed by atoms with Crippen LogP contribution in [0.1, 0.15) is 18.4 Å². The maximum atomic E-state index is 11.8. The van der Waals surface area contributed by atoms with Crippen molar-refractivity contribution in [2.24, 2.45) is 0 Å². The number of hydrogen-bond donors (Lipinski definition) is 0. The van der Waals surface area contributed by atoms with Gasteiger partial charge >= 0.3 is 5.97 Å². The third-order valence-corrected chi connectivity index (χ3v) is 3.02. The summed E-state index contributed by atoms with van der Waals surface area (Å²) in [5, 5.41) is 0.661. The average molecular weight is 296 g/mol. The quantitative estimate of drug-likeness (QED) is 0.599. The summed E-state index contributed by atoms with van der Waals surface area (Å²) in [4.78, 5) is 24.3. The molecule has 0 aliphatic heterocycles. The first-order chi connectivity index (χ1) is 9.52.